The number of ether oxygens (including phenoxy) is 1. The Hall–Kier alpha value is 0.480. The molecule has 0 spiro atoms. The van der Waals surface area contributed by atoms with Gasteiger partial charge in [-0.25, -0.2) is 0 Å². The third-order valence-electron chi connectivity index (χ3n) is 3.53. The van der Waals surface area contributed by atoms with Gasteiger partial charge in [0.05, 0.1) is 6.61 Å². The van der Waals surface area contributed by atoms with E-state index < -0.39 is 0 Å². The van der Waals surface area contributed by atoms with Crippen molar-refractivity contribution in [2.75, 3.05) is 6.61 Å². The molecule has 0 unspecified atom stereocenters. The highest BCUT2D eigenvalue weighted by atomic mass is 128. The molecule has 0 fully saturated rings. The topological polar surface area (TPSA) is 9.23 Å². The lowest BCUT2D eigenvalue weighted by atomic mass is 9.88. The van der Waals surface area contributed by atoms with Gasteiger partial charge in [0.2, 0.25) is 0 Å². The summed E-state index contributed by atoms with van der Waals surface area (Å²) in [5.41, 5.74) is 4.16. The van der Waals surface area contributed by atoms with Crippen molar-refractivity contribution >= 4 is 37.2 Å². The Bertz CT molecular complexity index is 383. The van der Waals surface area contributed by atoms with Gasteiger partial charge in [-0.15, -0.1) is 0 Å². The van der Waals surface area contributed by atoms with Crippen LogP contribution in [-0.4, -0.2) is 6.61 Å². The smallest absolute Gasteiger partial charge is 0.126 e. The summed E-state index contributed by atoms with van der Waals surface area (Å²) in [7, 11) is 0. The number of hydrogen-bond acceptors (Lipinski definition) is 1. The minimum Gasteiger partial charge on any atom is -0.493 e. The summed E-state index contributed by atoms with van der Waals surface area (Å²) in [6.45, 7) is 16.5. The van der Waals surface area contributed by atoms with Crippen LogP contribution in [0.4, 0.5) is 0 Å². The molecule has 0 aliphatic carbocycles. The highest BCUT2D eigenvalue weighted by Crippen LogP contribution is 2.37. The van der Waals surface area contributed by atoms with E-state index in [0.29, 0.717) is 17.8 Å². The standard InChI is InChI=1S/C18H30O.I2/c1-8-9-19-18-16(13(4)5)10-15(12(2)3)11-17(18)14(6)7;1-2/h10-14H,8-9H2,1-7H3;. The Morgan fingerprint density at radius 3 is 1.57 bits per heavy atom. The summed E-state index contributed by atoms with van der Waals surface area (Å²) in [6.07, 6.45) is 1.06. The second-order valence-corrected chi connectivity index (χ2v) is 6.34. The molecule has 3 heteroatoms. The lowest BCUT2D eigenvalue weighted by Crippen LogP contribution is -2.07. The van der Waals surface area contributed by atoms with Gasteiger partial charge in [0, 0.05) is 37.2 Å². The SMILES string of the molecule is CCCOc1c(C(C)C)cc(C(C)C)cc1C(C)C.II. The minimum atomic E-state index is 0.503. The number of hydrogen-bond donors (Lipinski definition) is 0. The minimum absolute atomic E-state index is 0.503. The average Bonchev–Trinajstić information content (AvgIpc) is 2.45. The van der Waals surface area contributed by atoms with Crippen molar-refractivity contribution in [2.24, 2.45) is 0 Å². The van der Waals surface area contributed by atoms with Gasteiger partial charge < -0.3 is 4.74 Å². The maximum Gasteiger partial charge on any atom is 0.126 e. The van der Waals surface area contributed by atoms with Gasteiger partial charge in [-0.1, -0.05) is 60.6 Å². The van der Waals surface area contributed by atoms with Crippen molar-refractivity contribution in [1.82, 2.24) is 0 Å². The van der Waals surface area contributed by atoms with Crippen LogP contribution in [0, 0.1) is 0 Å². The van der Waals surface area contributed by atoms with Gasteiger partial charge in [0.15, 0.2) is 0 Å². The number of benzene rings is 1. The third kappa shape index (κ3) is 6.63. The first kappa shape index (κ1) is 21.5. The maximum absolute atomic E-state index is 6.07. The average molecular weight is 516 g/mol. The lowest BCUT2D eigenvalue weighted by molar-refractivity contribution is 0.308. The fraction of sp³-hybridized carbons (Fsp3) is 0.667. The molecular weight excluding hydrogens is 486 g/mol. The molecule has 0 atom stereocenters. The van der Waals surface area contributed by atoms with Gasteiger partial charge in [0.1, 0.15) is 5.75 Å². The van der Waals surface area contributed by atoms with Crippen LogP contribution >= 0.6 is 37.2 Å². The van der Waals surface area contributed by atoms with Crippen molar-refractivity contribution in [1.29, 1.82) is 0 Å². The van der Waals surface area contributed by atoms with E-state index in [1.165, 1.54) is 16.7 Å². The first-order valence-electron chi connectivity index (χ1n) is 7.83. The van der Waals surface area contributed by atoms with E-state index in [9.17, 15) is 0 Å². The molecule has 0 bridgehead atoms. The van der Waals surface area contributed by atoms with E-state index in [1.54, 1.807) is 0 Å². The zero-order valence-electron chi connectivity index (χ0n) is 14.5. The molecule has 0 aliphatic rings. The zero-order valence-corrected chi connectivity index (χ0v) is 18.8. The van der Waals surface area contributed by atoms with Crippen LogP contribution in [0.5, 0.6) is 5.75 Å². The van der Waals surface area contributed by atoms with Gasteiger partial charge in [-0.3, -0.25) is 0 Å². The first-order chi connectivity index (χ1) is 9.88. The van der Waals surface area contributed by atoms with Crippen LogP contribution in [-0.2, 0) is 0 Å². The molecule has 0 amide bonds. The van der Waals surface area contributed by atoms with Crippen molar-refractivity contribution in [3.05, 3.63) is 28.8 Å². The van der Waals surface area contributed by atoms with Crippen LogP contribution < -0.4 is 4.74 Å². The van der Waals surface area contributed by atoms with Gasteiger partial charge in [-0.2, -0.15) is 0 Å². The number of halogens is 2. The summed E-state index contributed by atoms with van der Waals surface area (Å²) in [5, 5.41) is 0. The summed E-state index contributed by atoms with van der Waals surface area (Å²) in [4.78, 5) is 0. The molecule has 0 aromatic heterocycles. The van der Waals surface area contributed by atoms with Crippen LogP contribution in [0.2, 0.25) is 0 Å². The fourth-order valence-electron chi connectivity index (χ4n) is 2.26. The van der Waals surface area contributed by atoms with Crippen LogP contribution in [0.25, 0.3) is 0 Å². The van der Waals surface area contributed by atoms with E-state index in [1.807, 2.05) is 0 Å². The molecule has 0 radical (unpaired) electrons. The molecular formula is C18H30I2O. The lowest BCUT2D eigenvalue weighted by Gasteiger charge is -2.22. The monoisotopic (exact) mass is 516 g/mol. The van der Waals surface area contributed by atoms with Crippen molar-refractivity contribution in [3.8, 4) is 5.75 Å². The fourth-order valence-corrected chi connectivity index (χ4v) is 2.26. The van der Waals surface area contributed by atoms with E-state index in [0.717, 1.165) is 18.8 Å². The van der Waals surface area contributed by atoms with Crippen molar-refractivity contribution < 1.29 is 4.74 Å². The molecule has 0 aliphatic heterocycles. The summed E-state index contributed by atoms with van der Waals surface area (Å²) < 4.78 is 6.07. The van der Waals surface area contributed by atoms with Crippen LogP contribution in [0.1, 0.15) is 89.3 Å². The molecule has 1 aromatic carbocycles. The molecule has 21 heavy (non-hydrogen) atoms. The molecule has 1 aromatic rings. The predicted octanol–water partition coefficient (Wildman–Crippen LogP) is 7.62. The third-order valence-corrected chi connectivity index (χ3v) is 3.53. The summed E-state index contributed by atoms with van der Waals surface area (Å²) in [5.74, 6) is 2.71. The largest absolute Gasteiger partial charge is 0.493 e. The normalized spacial score (nSPS) is 10.9. The number of rotatable bonds is 6. The summed E-state index contributed by atoms with van der Waals surface area (Å²) in [6, 6.07) is 4.68. The first-order valence-corrected chi connectivity index (χ1v) is 14.1. The Morgan fingerprint density at radius 2 is 1.29 bits per heavy atom. The van der Waals surface area contributed by atoms with Crippen molar-refractivity contribution in [3.63, 3.8) is 0 Å². The second kappa shape index (κ2) is 11.1. The highest BCUT2D eigenvalue weighted by molar-refractivity contribution is 15.0. The molecule has 0 saturated carbocycles. The van der Waals surface area contributed by atoms with Crippen molar-refractivity contribution in [2.45, 2.75) is 72.6 Å². The molecule has 1 rings (SSSR count). The molecule has 1 nitrogen and oxygen atoms in total. The van der Waals surface area contributed by atoms with Gasteiger partial charge >= 0.3 is 0 Å². The van der Waals surface area contributed by atoms with E-state index in [2.05, 4.69) is 97.8 Å². The maximum atomic E-state index is 6.07. The molecule has 0 heterocycles. The van der Waals surface area contributed by atoms with Gasteiger partial charge in [-0.05, 0) is 40.9 Å². The Labute approximate surface area is 154 Å². The Morgan fingerprint density at radius 1 is 0.857 bits per heavy atom. The predicted molar refractivity (Wildman–Crippen MR) is 113 cm³/mol. The molecule has 122 valence electrons. The van der Waals surface area contributed by atoms with Crippen LogP contribution in [0.3, 0.4) is 0 Å². The summed E-state index contributed by atoms with van der Waals surface area (Å²) >= 11 is 4.24. The van der Waals surface area contributed by atoms with Crippen LogP contribution in [0.15, 0.2) is 12.1 Å². The molecule has 0 saturated heterocycles. The highest BCUT2D eigenvalue weighted by Gasteiger charge is 2.18. The van der Waals surface area contributed by atoms with E-state index >= 15 is 0 Å². The zero-order chi connectivity index (χ0) is 16.6. The van der Waals surface area contributed by atoms with E-state index in [-0.39, 0.29) is 0 Å². The quantitative estimate of drug-likeness (QED) is 0.354. The van der Waals surface area contributed by atoms with E-state index in [4.69, 9.17) is 4.74 Å². The Balaban J connectivity index is 0.00000191. The second-order valence-electron chi connectivity index (χ2n) is 6.34. The van der Waals surface area contributed by atoms with Gasteiger partial charge in [0.25, 0.3) is 0 Å². The Kier molecular flexibility index (Phi) is 11.3. The molecule has 0 N–H and O–H groups in total.